The van der Waals surface area contributed by atoms with E-state index in [-0.39, 0.29) is 17.5 Å². The molecule has 8 heteroatoms. The first-order chi connectivity index (χ1) is 14.7. The fourth-order valence-corrected chi connectivity index (χ4v) is 5.13. The molecule has 2 fully saturated rings. The van der Waals surface area contributed by atoms with Crippen LogP contribution in [0.3, 0.4) is 0 Å². The maximum atomic E-state index is 13.4. The van der Waals surface area contributed by atoms with Gasteiger partial charge in [0.05, 0.1) is 10.6 Å². The number of benzene rings is 1. The van der Waals surface area contributed by atoms with E-state index in [9.17, 15) is 9.18 Å². The van der Waals surface area contributed by atoms with Crippen molar-refractivity contribution in [2.75, 3.05) is 26.2 Å². The van der Waals surface area contributed by atoms with E-state index in [0.29, 0.717) is 30.6 Å². The summed E-state index contributed by atoms with van der Waals surface area (Å²) >= 11 is 1.53. The van der Waals surface area contributed by atoms with Crippen molar-refractivity contribution in [3.63, 3.8) is 0 Å². The first-order valence-corrected chi connectivity index (χ1v) is 11.4. The number of hydrogen-bond acceptors (Lipinski definition) is 5. The third-order valence-electron chi connectivity index (χ3n) is 6.05. The van der Waals surface area contributed by atoms with Gasteiger partial charge in [0, 0.05) is 32.2 Å². The molecular weight excluding hydrogens is 401 g/mol. The first kappa shape index (κ1) is 19.4. The lowest BCUT2D eigenvalue weighted by Crippen LogP contribution is -2.51. The minimum Gasteiger partial charge on any atom is -0.333 e. The van der Waals surface area contributed by atoms with E-state index in [1.807, 2.05) is 22.4 Å². The zero-order chi connectivity index (χ0) is 20.5. The summed E-state index contributed by atoms with van der Waals surface area (Å²) in [7, 11) is 0. The van der Waals surface area contributed by atoms with Crippen LogP contribution in [0.4, 0.5) is 4.39 Å². The van der Waals surface area contributed by atoms with Gasteiger partial charge in [0.1, 0.15) is 5.82 Å². The van der Waals surface area contributed by atoms with E-state index in [2.05, 4.69) is 15.0 Å². The molecule has 2 aromatic heterocycles. The van der Waals surface area contributed by atoms with Gasteiger partial charge in [0.15, 0.2) is 5.82 Å². The van der Waals surface area contributed by atoms with Crippen molar-refractivity contribution in [2.45, 2.75) is 31.7 Å². The number of thiophene rings is 1. The molecule has 3 heterocycles. The molecule has 1 amide bonds. The number of carbonyl (C=O) groups is 1. The maximum Gasteiger partial charge on any atom is 0.293 e. The van der Waals surface area contributed by atoms with Gasteiger partial charge < -0.3 is 4.90 Å². The van der Waals surface area contributed by atoms with Gasteiger partial charge in [-0.15, -0.1) is 16.4 Å². The van der Waals surface area contributed by atoms with Gasteiger partial charge in [0.25, 0.3) is 5.91 Å². The van der Waals surface area contributed by atoms with E-state index < -0.39 is 0 Å². The second-order valence-electron chi connectivity index (χ2n) is 7.89. The molecule has 0 bridgehead atoms. The first-order valence-electron chi connectivity index (χ1n) is 10.5. The third-order valence-corrected chi connectivity index (χ3v) is 6.92. The summed E-state index contributed by atoms with van der Waals surface area (Å²) in [5.41, 5.74) is 0.678. The quantitative estimate of drug-likeness (QED) is 0.637. The molecule has 1 aromatic carbocycles. The van der Waals surface area contributed by atoms with Crippen molar-refractivity contribution in [3.8, 4) is 16.4 Å². The van der Waals surface area contributed by atoms with Gasteiger partial charge in [-0.1, -0.05) is 18.9 Å². The lowest BCUT2D eigenvalue weighted by Gasteiger charge is -2.37. The molecule has 0 N–H and O–H groups in total. The van der Waals surface area contributed by atoms with Crippen molar-refractivity contribution < 1.29 is 9.18 Å². The van der Waals surface area contributed by atoms with E-state index in [1.54, 1.807) is 16.8 Å². The second kappa shape index (κ2) is 8.28. The van der Waals surface area contributed by atoms with Gasteiger partial charge in [-0.2, -0.15) is 0 Å². The highest BCUT2D eigenvalue weighted by molar-refractivity contribution is 7.13. The Labute approximate surface area is 178 Å². The second-order valence-corrected chi connectivity index (χ2v) is 8.84. The summed E-state index contributed by atoms with van der Waals surface area (Å²) in [6.07, 6.45) is 5.20. The van der Waals surface area contributed by atoms with Crippen LogP contribution >= 0.6 is 11.3 Å². The summed E-state index contributed by atoms with van der Waals surface area (Å²) in [6, 6.07) is 10.6. The van der Waals surface area contributed by atoms with E-state index in [0.717, 1.165) is 18.0 Å². The lowest BCUT2D eigenvalue weighted by atomic mass is 10.2. The molecule has 1 aliphatic heterocycles. The molecule has 3 aromatic rings. The number of halogens is 1. The number of piperazine rings is 1. The molecule has 5 rings (SSSR count). The standard InChI is InChI=1S/C22H24FN5OS/c23-16-7-9-18(10-8-16)28-21(19-6-3-15-30-19)24-20(25-28)22(29)27-13-11-26(12-14-27)17-4-1-2-5-17/h3,6-10,15,17H,1-2,4-5,11-14H2. The third kappa shape index (κ3) is 3.77. The Morgan fingerprint density at radius 2 is 1.77 bits per heavy atom. The van der Waals surface area contributed by atoms with Crippen LogP contribution in [-0.4, -0.2) is 62.7 Å². The van der Waals surface area contributed by atoms with E-state index in [4.69, 9.17) is 0 Å². The SMILES string of the molecule is O=C(c1nc(-c2cccs2)n(-c2ccc(F)cc2)n1)N1CCN(C2CCCC2)CC1. The Hall–Kier alpha value is -2.58. The summed E-state index contributed by atoms with van der Waals surface area (Å²) < 4.78 is 15.0. The van der Waals surface area contributed by atoms with Gasteiger partial charge in [0.2, 0.25) is 5.82 Å². The van der Waals surface area contributed by atoms with Crippen LogP contribution in [0.1, 0.15) is 36.3 Å². The molecular formula is C22H24FN5OS. The summed E-state index contributed by atoms with van der Waals surface area (Å²) in [5.74, 6) is 0.342. The van der Waals surface area contributed by atoms with Crippen LogP contribution in [0, 0.1) is 5.82 Å². The molecule has 1 aliphatic carbocycles. The van der Waals surface area contributed by atoms with Gasteiger partial charge >= 0.3 is 0 Å². The molecule has 1 saturated carbocycles. The van der Waals surface area contributed by atoms with Gasteiger partial charge in [-0.05, 0) is 48.6 Å². The smallest absolute Gasteiger partial charge is 0.293 e. The van der Waals surface area contributed by atoms with Crippen LogP contribution in [-0.2, 0) is 0 Å². The highest BCUT2D eigenvalue weighted by Gasteiger charge is 2.30. The topological polar surface area (TPSA) is 54.3 Å². The summed E-state index contributed by atoms with van der Waals surface area (Å²) in [4.78, 5) is 23.0. The van der Waals surface area contributed by atoms with Crippen molar-refractivity contribution in [1.82, 2.24) is 24.6 Å². The Balaban J connectivity index is 1.38. The van der Waals surface area contributed by atoms with Gasteiger partial charge in [-0.25, -0.2) is 14.1 Å². The number of nitrogens with zero attached hydrogens (tertiary/aromatic N) is 5. The minimum absolute atomic E-state index is 0.139. The van der Waals surface area contributed by atoms with Crippen molar-refractivity contribution in [3.05, 3.63) is 53.4 Å². The summed E-state index contributed by atoms with van der Waals surface area (Å²) in [5, 5.41) is 6.48. The Morgan fingerprint density at radius 3 is 2.43 bits per heavy atom. The number of aromatic nitrogens is 3. The average molecular weight is 426 g/mol. The van der Waals surface area contributed by atoms with Crippen LogP contribution in [0.2, 0.25) is 0 Å². The number of hydrogen-bond donors (Lipinski definition) is 0. The molecule has 30 heavy (non-hydrogen) atoms. The van der Waals surface area contributed by atoms with Crippen molar-refractivity contribution in [2.24, 2.45) is 0 Å². The van der Waals surface area contributed by atoms with Crippen molar-refractivity contribution >= 4 is 17.2 Å². The van der Waals surface area contributed by atoms with Crippen LogP contribution in [0.25, 0.3) is 16.4 Å². The zero-order valence-electron chi connectivity index (χ0n) is 16.7. The Kier molecular flexibility index (Phi) is 5.35. The fourth-order valence-electron chi connectivity index (χ4n) is 4.43. The number of carbonyl (C=O) groups excluding carboxylic acids is 1. The number of rotatable bonds is 4. The summed E-state index contributed by atoms with van der Waals surface area (Å²) in [6.45, 7) is 3.23. The van der Waals surface area contributed by atoms with Crippen molar-refractivity contribution in [1.29, 1.82) is 0 Å². The molecule has 0 unspecified atom stereocenters. The average Bonchev–Trinajstić information content (AvgIpc) is 3.55. The van der Waals surface area contributed by atoms with Crippen LogP contribution in [0.5, 0.6) is 0 Å². The molecule has 0 spiro atoms. The predicted molar refractivity (Wildman–Crippen MR) is 114 cm³/mol. The van der Waals surface area contributed by atoms with E-state index >= 15 is 0 Å². The molecule has 0 radical (unpaired) electrons. The molecule has 2 aliphatic rings. The molecule has 0 atom stereocenters. The lowest BCUT2D eigenvalue weighted by molar-refractivity contribution is 0.0562. The Morgan fingerprint density at radius 1 is 1.03 bits per heavy atom. The normalized spacial score (nSPS) is 18.2. The monoisotopic (exact) mass is 425 g/mol. The van der Waals surface area contributed by atoms with Crippen LogP contribution in [0.15, 0.2) is 41.8 Å². The predicted octanol–water partition coefficient (Wildman–Crippen LogP) is 3.84. The maximum absolute atomic E-state index is 13.4. The minimum atomic E-state index is -0.312. The highest BCUT2D eigenvalue weighted by Crippen LogP contribution is 2.27. The number of amides is 1. The zero-order valence-corrected chi connectivity index (χ0v) is 17.5. The molecule has 1 saturated heterocycles. The molecule has 156 valence electrons. The van der Waals surface area contributed by atoms with Gasteiger partial charge in [-0.3, -0.25) is 9.69 Å². The fraction of sp³-hybridized carbons (Fsp3) is 0.409. The molecule has 6 nitrogen and oxygen atoms in total. The van der Waals surface area contributed by atoms with E-state index in [1.165, 1.54) is 49.2 Å². The van der Waals surface area contributed by atoms with Crippen LogP contribution < -0.4 is 0 Å². The largest absolute Gasteiger partial charge is 0.333 e. The highest BCUT2D eigenvalue weighted by atomic mass is 32.1. The Bertz CT molecular complexity index is 1000.